The van der Waals surface area contributed by atoms with Gasteiger partial charge in [0.25, 0.3) is 0 Å². The normalized spacial score (nSPS) is 10.4. The quantitative estimate of drug-likeness (QED) is 0.747. The van der Waals surface area contributed by atoms with Gasteiger partial charge in [0.2, 0.25) is 11.7 Å². The van der Waals surface area contributed by atoms with E-state index < -0.39 is 0 Å². The third-order valence-electron chi connectivity index (χ3n) is 2.90. The molecule has 1 N–H and O–H groups in total. The highest BCUT2D eigenvalue weighted by atomic mass is 16.5. The molecular formula is C15H15N5O2. The van der Waals surface area contributed by atoms with E-state index in [1.807, 2.05) is 24.3 Å². The standard InChI is InChI=1S/C15H15N5O2/c1-11-19-15(20-22-11)10-21-13-4-2-12(3-5-13)8-18-14-9-16-6-7-17-14/h2-7,9H,8,10H2,1H3,(H,17,18). The zero-order valence-corrected chi connectivity index (χ0v) is 12.1. The van der Waals surface area contributed by atoms with Crippen LogP contribution in [0.2, 0.25) is 0 Å². The molecule has 3 rings (SSSR count). The monoisotopic (exact) mass is 297 g/mol. The lowest BCUT2D eigenvalue weighted by Gasteiger charge is -2.07. The molecule has 0 atom stereocenters. The molecule has 7 heteroatoms. The van der Waals surface area contributed by atoms with E-state index in [2.05, 4.69) is 25.4 Å². The molecule has 2 heterocycles. The second-order valence-corrected chi connectivity index (χ2v) is 4.61. The number of aryl methyl sites for hydroxylation is 1. The fraction of sp³-hybridized carbons (Fsp3) is 0.200. The number of ether oxygens (including phenoxy) is 1. The zero-order chi connectivity index (χ0) is 15.2. The molecule has 7 nitrogen and oxygen atoms in total. The summed E-state index contributed by atoms with van der Waals surface area (Å²) in [5, 5.41) is 6.97. The van der Waals surface area contributed by atoms with Gasteiger partial charge in [0.15, 0.2) is 6.61 Å². The summed E-state index contributed by atoms with van der Waals surface area (Å²) >= 11 is 0. The van der Waals surface area contributed by atoms with Gasteiger partial charge in [-0.1, -0.05) is 17.3 Å². The summed E-state index contributed by atoms with van der Waals surface area (Å²) in [6.07, 6.45) is 4.98. The third kappa shape index (κ3) is 3.78. The first-order valence-corrected chi connectivity index (χ1v) is 6.80. The molecule has 22 heavy (non-hydrogen) atoms. The van der Waals surface area contributed by atoms with Gasteiger partial charge in [-0.3, -0.25) is 4.98 Å². The van der Waals surface area contributed by atoms with Gasteiger partial charge in [0.05, 0.1) is 6.20 Å². The van der Waals surface area contributed by atoms with Crippen LogP contribution in [-0.4, -0.2) is 20.1 Å². The fourth-order valence-electron chi connectivity index (χ4n) is 1.83. The lowest BCUT2D eigenvalue weighted by molar-refractivity contribution is 0.285. The maximum atomic E-state index is 5.60. The number of nitrogens with zero attached hydrogens (tertiary/aromatic N) is 4. The van der Waals surface area contributed by atoms with E-state index in [0.29, 0.717) is 18.3 Å². The Morgan fingerprint density at radius 3 is 2.73 bits per heavy atom. The van der Waals surface area contributed by atoms with E-state index in [0.717, 1.165) is 17.1 Å². The van der Waals surface area contributed by atoms with Gasteiger partial charge in [-0.15, -0.1) is 0 Å². The Bertz CT molecular complexity index is 712. The SMILES string of the molecule is Cc1nc(COc2ccc(CNc3cnccn3)cc2)no1. The van der Waals surface area contributed by atoms with Gasteiger partial charge in [0, 0.05) is 25.9 Å². The molecule has 0 unspecified atom stereocenters. The van der Waals surface area contributed by atoms with Crippen LogP contribution in [-0.2, 0) is 13.2 Å². The Morgan fingerprint density at radius 1 is 1.18 bits per heavy atom. The molecule has 2 aromatic heterocycles. The molecule has 3 aromatic rings. The summed E-state index contributed by atoms with van der Waals surface area (Å²) in [7, 11) is 0. The molecule has 1 aromatic carbocycles. The number of rotatable bonds is 6. The van der Waals surface area contributed by atoms with Crippen LogP contribution in [0.5, 0.6) is 5.75 Å². The minimum Gasteiger partial charge on any atom is -0.485 e. The number of hydrogen-bond donors (Lipinski definition) is 1. The van der Waals surface area contributed by atoms with Crippen molar-refractivity contribution in [2.75, 3.05) is 5.32 Å². The molecule has 0 amide bonds. The van der Waals surface area contributed by atoms with E-state index in [4.69, 9.17) is 9.26 Å². The lowest BCUT2D eigenvalue weighted by atomic mass is 10.2. The number of anilines is 1. The molecule has 0 aliphatic carbocycles. The van der Waals surface area contributed by atoms with Crippen molar-refractivity contribution in [1.29, 1.82) is 0 Å². The highest BCUT2D eigenvalue weighted by Gasteiger charge is 2.03. The zero-order valence-electron chi connectivity index (χ0n) is 12.1. The second kappa shape index (κ2) is 6.66. The molecule has 0 radical (unpaired) electrons. The minimum absolute atomic E-state index is 0.286. The van der Waals surface area contributed by atoms with Gasteiger partial charge < -0.3 is 14.6 Å². The van der Waals surface area contributed by atoms with Crippen LogP contribution in [0.25, 0.3) is 0 Å². The van der Waals surface area contributed by atoms with Crippen LogP contribution < -0.4 is 10.1 Å². The minimum atomic E-state index is 0.286. The molecule has 112 valence electrons. The predicted molar refractivity (Wildman–Crippen MR) is 79.2 cm³/mol. The molecule has 0 fully saturated rings. The van der Waals surface area contributed by atoms with Crippen molar-refractivity contribution in [3.63, 3.8) is 0 Å². The number of hydrogen-bond acceptors (Lipinski definition) is 7. The first kappa shape index (κ1) is 14.0. The highest BCUT2D eigenvalue weighted by Crippen LogP contribution is 2.14. The first-order valence-electron chi connectivity index (χ1n) is 6.80. The Morgan fingerprint density at radius 2 is 2.05 bits per heavy atom. The summed E-state index contributed by atoms with van der Waals surface area (Å²) in [6.45, 7) is 2.70. The summed E-state index contributed by atoms with van der Waals surface area (Å²) in [6, 6.07) is 7.78. The molecule has 0 aliphatic heterocycles. The van der Waals surface area contributed by atoms with E-state index in [1.54, 1.807) is 25.5 Å². The Kier molecular flexibility index (Phi) is 4.24. The van der Waals surface area contributed by atoms with E-state index in [1.165, 1.54) is 0 Å². The molecule has 0 bridgehead atoms. The van der Waals surface area contributed by atoms with Crippen LogP contribution in [0.1, 0.15) is 17.3 Å². The molecule has 0 spiro atoms. The summed E-state index contributed by atoms with van der Waals surface area (Å²) in [5.41, 5.74) is 1.12. The smallest absolute Gasteiger partial charge is 0.223 e. The van der Waals surface area contributed by atoms with Crippen molar-refractivity contribution in [3.05, 3.63) is 60.1 Å². The Hall–Kier alpha value is -2.96. The molecular weight excluding hydrogens is 282 g/mol. The lowest BCUT2D eigenvalue weighted by Crippen LogP contribution is -2.02. The molecule has 0 aliphatic rings. The largest absolute Gasteiger partial charge is 0.485 e. The van der Waals surface area contributed by atoms with Gasteiger partial charge in [-0.25, -0.2) is 4.98 Å². The van der Waals surface area contributed by atoms with Gasteiger partial charge in [-0.05, 0) is 17.7 Å². The van der Waals surface area contributed by atoms with Crippen molar-refractivity contribution in [2.45, 2.75) is 20.1 Å². The van der Waals surface area contributed by atoms with Crippen LogP contribution in [0, 0.1) is 6.92 Å². The number of nitrogens with one attached hydrogen (secondary N) is 1. The van der Waals surface area contributed by atoms with Crippen LogP contribution in [0.15, 0.2) is 47.4 Å². The number of benzene rings is 1. The van der Waals surface area contributed by atoms with E-state index in [9.17, 15) is 0 Å². The highest BCUT2D eigenvalue weighted by molar-refractivity contribution is 5.34. The summed E-state index contributed by atoms with van der Waals surface area (Å²) in [5.74, 6) is 2.57. The Labute approximate surface area is 127 Å². The second-order valence-electron chi connectivity index (χ2n) is 4.61. The maximum absolute atomic E-state index is 5.60. The Balaban J connectivity index is 1.51. The van der Waals surface area contributed by atoms with Crippen molar-refractivity contribution in [1.82, 2.24) is 20.1 Å². The van der Waals surface area contributed by atoms with Crippen molar-refractivity contribution in [3.8, 4) is 5.75 Å². The van der Waals surface area contributed by atoms with Gasteiger partial charge in [0.1, 0.15) is 11.6 Å². The van der Waals surface area contributed by atoms with E-state index in [-0.39, 0.29) is 6.61 Å². The summed E-state index contributed by atoms with van der Waals surface area (Å²) < 4.78 is 10.5. The van der Waals surface area contributed by atoms with Crippen molar-refractivity contribution in [2.24, 2.45) is 0 Å². The van der Waals surface area contributed by atoms with E-state index >= 15 is 0 Å². The maximum Gasteiger partial charge on any atom is 0.223 e. The van der Waals surface area contributed by atoms with Crippen LogP contribution in [0.4, 0.5) is 5.82 Å². The molecule has 0 saturated carbocycles. The molecule has 0 saturated heterocycles. The predicted octanol–water partition coefficient (Wildman–Crippen LogP) is 2.36. The summed E-state index contributed by atoms with van der Waals surface area (Å²) in [4.78, 5) is 12.2. The van der Waals surface area contributed by atoms with Crippen LogP contribution in [0.3, 0.4) is 0 Å². The topological polar surface area (TPSA) is 86.0 Å². The van der Waals surface area contributed by atoms with Crippen molar-refractivity contribution >= 4 is 5.82 Å². The van der Waals surface area contributed by atoms with Gasteiger partial charge in [-0.2, -0.15) is 4.98 Å². The van der Waals surface area contributed by atoms with Crippen molar-refractivity contribution < 1.29 is 9.26 Å². The van der Waals surface area contributed by atoms with Crippen LogP contribution >= 0.6 is 0 Å². The number of aromatic nitrogens is 4. The third-order valence-corrected chi connectivity index (χ3v) is 2.90. The van der Waals surface area contributed by atoms with Gasteiger partial charge >= 0.3 is 0 Å². The average Bonchev–Trinajstić information content (AvgIpc) is 2.98. The first-order chi connectivity index (χ1) is 10.8. The fourth-order valence-corrected chi connectivity index (χ4v) is 1.83. The average molecular weight is 297 g/mol.